The number of carbonyl (C=O) groups is 1. The quantitative estimate of drug-likeness (QED) is 0.524. The van der Waals surface area contributed by atoms with Crippen LogP contribution in [0.4, 0.5) is 11.4 Å². The van der Waals surface area contributed by atoms with Gasteiger partial charge >= 0.3 is 5.97 Å². The van der Waals surface area contributed by atoms with Gasteiger partial charge in [0.2, 0.25) is 0 Å². The fourth-order valence-electron chi connectivity index (χ4n) is 0.678. The molecule has 0 fully saturated rings. The summed E-state index contributed by atoms with van der Waals surface area (Å²) in [5.74, 6) is -1.15. The van der Waals surface area contributed by atoms with Crippen molar-refractivity contribution in [1.29, 1.82) is 0 Å². The number of anilines is 2. The Morgan fingerprint density at radius 1 is 1.55 bits per heavy atom. The first-order valence-electron chi connectivity index (χ1n) is 2.85. The number of carboxylic acids is 1. The normalized spacial score (nSPS) is 9.45. The van der Waals surface area contributed by atoms with Gasteiger partial charge in [0.15, 0.2) is 5.69 Å². The van der Waals surface area contributed by atoms with E-state index >= 15 is 0 Å². The second-order valence-corrected chi connectivity index (χ2v) is 2.01. The maximum Gasteiger partial charge on any atom is 0.356 e. The second kappa shape index (κ2) is 2.45. The fourth-order valence-corrected chi connectivity index (χ4v) is 0.678. The van der Waals surface area contributed by atoms with Crippen LogP contribution in [0, 0.1) is 0 Å². The minimum atomic E-state index is -1.15. The van der Waals surface area contributed by atoms with Crippen molar-refractivity contribution >= 4 is 17.3 Å². The Morgan fingerprint density at radius 3 is 2.64 bits per heavy atom. The van der Waals surface area contributed by atoms with Gasteiger partial charge in [-0.05, 0) is 6.07 Å². The van der Waals surface area contributed by atoms with E-state index in [4.69, 9.17) is 16.6 Å². The van der Waals surface area contributed by atoms with Crippen LogP contribution in [0.5, 0.6) is 0 Å². The Kier molecular flexibility index (Phi) is 1.63. The summed E-state index contributed by atoms with van der Waals surface area (Å²) in [6.07, 6.45) is 1.25. The highest BCUT2D eigenvalue weighted by atomic mass is 16.4. The molecular formula is C6H7N3O2. The van der Waals surface area contributed by atoms with E-state index in [0.717, 1.165) is 0 Å². The first-order valence-corrected chi connectivity index (χ1v) is 2.85. The minimum absolute atomic E-state index is 0.0810. The summed E-state index contributed by atoms with van der Waals surface area (Å²) in [5, 5.41) is 8.47. The number of rotatable bonds is 1. The number of nitrogens with two attached hydrogens (primary N) is 2. The van der Waals surface area contributed by atoms with Crippen molar-refractivity contribution in [2.24, 2.45) is 0 Å². The van der Waals surface area contributed by atoms with E-state index in [9.17, 15) is 4.79 Å². The summed E-state index contributed by atoms with van der Waals surface area (Å²) < 4.78 is 0. The van der Waals surface area contributed by atoms with Gasteiger partial charge in [-0.15, -0.1) is 0 Å². The van der Waals surface area contributed by atoms with Gasteiger partial charge in [-0.1, -0.05) is 0 Å². The van der Waals surface area contributed by atoms with Gasteiger partial charge in [-0.25, -0.2) is 9.78 Å². The predicted octanol–water partition coefficient (Wildman–Crippen LogP) is -0.0558. The average Bonchev–Trinajstić information content (AvgIpc) is 1.85. The Morgan fingerprint density at radius 2 is 2.18 bits per heavy atom. The van der Waals surface area contributed by atoms with Crippen molar-refractivity contribution in [3.05, 3.63) is 18.0 Å². The van der Waals surface area contributed by atoms with E-state index in [-0.39, 0.29) is 11.4 Å². The van der Waals surface area contributed by atoms with Crippen molar-refractivity contribution in [2.45, 2.75) is 0 Å². The molecule has 5 nitrogen and oxygen atoms in total. The zero-order chi connectivity index (χ0) is 8.43. The van der Waals surface area contributed by atoms with E-state index in [1.54, 1.807) is 0 Å². The number of pyridine rings is 1. The number of aromatic nitrogens is 1. The molecular weight excluding hydrogens is 146 g/mol. The van der Waals surface area contributed by atoms with Crippen molar-refractivity contribution in [2.75, 3.05) is 11.5 Å². The van der Waals surface area contributed by atoms with Gasteiger partial charge in [0, 0.05) is 0 Å². The SMILES string of the molecule is Nc1cnc(C(=O)O)c(N)c1. The fraction of sp³-hybridized carbons (Fsp3) is 0. The molecule has 5 heteroatoms. The third-order valence-electron chi connectivity index (χ3n) is 1.14. The number of nitrogen functional groups attached to an aromatic ring is 2. The monoisotopic (exact) mass is 153 g/mol. The van der Waals surface area contributed by atoms with Gasteiger partial charge in [-0.2, -0.15) is 0 Å². The molecule has 0 bridgehead atoms. The lowest BCUT2D eigenvalue weighted by Gasteiger charge is -1.98. The lowest BCUT2D eigenvalue weighted by Crippen LogP contribution is -2.05. The maximum absolute atomic E-state index is 10.3. The van der Waals surface area contributed by atoms with Crippen LogP contribution in [0.1, 0.15) is 10.5 Å². The smallest absolute Gasteiger partial charge is 0.356 e. The minimum Gasteiger partial charge on any atom is -0.476 e. The largest absolute Gasteiger partial charge is 0.476 e. The third-order valence-corrected chi connectivity index (χ3v) is 1.14. The van der Waals surface area contributed by atoms with Crippen LogP contribution in [0.3, 0.4) is 0 Å². The zero-order valence-corrected chi connectivity index (χ0v) is 5.61. The molecule has 0 spiro atoms. The lowest BCUT2D eigenvalue weighted by atomic mass is 10.3. The molecule has 0 saturated heterocycles. The lowest BCUT2D eigenvalue weighted by molar-refractivity contribution is 0.0692. The summed E-state index contributed by atoms with van der Waals surface area (Å²) in [6, 6.07) is 1.36. The van der Waals surface area contributed by atoms with Gasteiger partial charge in [0.05, 0.1) is 17.6 Å². The molecule has 0 amide bonds. The number of carboxylic acid groups (broad SMARTS) is 1. The Hall–Kier alpha value is -1.78. The maximum atomic E-state index is 10.3. The number of hydrogen-bond donors (Lipinski definition) is 3. The summed E-state index contributed by atoms with van der Waals surface area (Å²) in [6.45, 7) is 0. The molecule has 0 unspecified atom stereocenters. The molecule has 0 aromatic carbocycles. The molecule has 5 N–H and O–H groups in total. The highest BCUT2D eigenvalue weighted by Crippen LogP contribution is 2.11. The second-order valence-electron chi connectivity index (χ2n) is 2.01. The molecule has 0 atom stereocenters. The first-order chi connectivity index (χ1) is 5.11. The molecule has 0 aliphatic heterocycles. The van der Waals surface area contributed by atoms with E-state index in [2.05, 4.69) is 4.98 Å². The van der Waals surface area contributed by atoms with E-state index < -0.39 is 5.97 Å². The van der Waals surface area contributed by atoms with Gasteiger partial charge in [0.1, 0.15) is 0 Å². The van der Waals surface area contributed by atoms with Crippen LogP contribution in [0.25, 0.3) is 0 Å². The van der Waals surface area contributed by atoms with Crippen LogP contribution < -0.4 is 11.5 Å². The Bertz CT molecular complexity index is 298. The van der Waals surface area contributed by atoms with Crippen molar-refractivity contribution in [1.82, 2.24) is 4.98 Å². The molecule has 1 aromatic heterocycles. The molecule has 0 saturated carbocycles. The van der Waals surface area contributed by atoms with Crippen molar-refractivity contribution in [3.8, 4) is 0 Å². The standard InChI is InChI=1S/C6H7N3O2/c7-3-1-4(8)5(6(10)11)9-2-3/h1-2H,7-8H2,(H,10,11). The van der Waals surface area contributed by atoms with Crippen molar-refractivity contribution in [3.63, 3.8) is 0 Å². The number of hydrogen-bond acceptors (Lipinski definition) is 4. The molecule has 11 heavy (non-hydrogen) atoms. The molecule has 0 aliphatic carbocycles. The summed E-state index contributed by atoms with van der Waals surface area (Å²) in [4.78, 5) is 13.9. The highest BCUT2D eigenvalue weighted by molar-refractivity contribution is 5.91. The summed E-state index contributed by atoms with van der Waals surface area (Å²) in [5.41, 5.74) is 10.9. The van der Waals surface area contributed by atoms with Crippen LogP contribution in [-0.4, -0.2) is 16.1 Å². The molecule has 1 rings (SSSR count). The van der Waals surface area contributed by atoms with E-state index in [1.807, 2.05) is 0 Å². The summed E-state index contributed by atoms with van der Waals surface area (Å²) >= 11 is 0. The topological polar surface area (TPSA) is 102 Å². The van der Waals surface area contributed by atoms with Crippen LogP contribution in [0.15, 0.2) is 12.3 Å². The Balaban J connectivity index is 3.20. The number of nitrogens with zero attached hydrogens (tertiary/aromatic N) is 1. The molecule has 0 radical (unpaired) electrons. The van der Waals surface area contributed by atoms with E-state index in [1.165, 1.54) is 12.3 Å². The molecule has 1 heterocycles. The van der Waals surface area contributed by atoms with Gasteiger partial charge in [-0.3, -0.25) is 0 Å². The van der Waals surface area contributed by atoms with Gasteiger partial charge < -0.3 is 16.6 Å². The zero-order valence-electron chi connectivity index (χ0n) is 5.61. The van der Waals surface area contributed by atoms with Crippen molar-refractivity contribution < 1.29 is 9.90 Å². The van der Waals surface area contributed by atoms with E-state index in [0.29, 0.717) is 5.69 Å². The Labute approximate surface area is 62.7 Å². The van der Waals surface area contributed by atoms with Crippen LogP contribution in [-0.2, 0) is 0 Å². The van der Waals surface area contributed by atoms with Crippen LogP contribution >= 0.6 is 0 Å². The van der Waals surface area contributed by atoms with Crippen LogP contribution in [0.2, 0.25) is 0 Å². The molecule has 0 aliphatic rings. The molecule has 1 aromatic rings. The highest BCUT2D eigenvalue weighted by Gasteiger charge is 2.08. The summed E-state index contributed by atoms with van der Waals surface area (Å²) in [7, 11) is 0. The van der Waals surface area contributed by atoms with Gasteiger partial charge in [0.25, 0.3) is 0 Å². The predicted molar refractivity (Wildman–Crippen MR) is 40.0 cm³/mol. The average molecular weight is 153 g/mol. The first kappa shape index (κ1) is 7.33. The molecule has 58 valence electrons. The number of aromatic carboxylic acids is 1. The third kappa shape index (κ3) is 1.37.